The fourth-order valence-electron chi connectivity index (χ4n) is 2.79. The van der Waals surface area contributed by atoms with Crippen molar-refractivity contribution in [1.82, 2.24) is 0 Å². The van der Waals surface area contributed by atoms with Gasteiger partial charge >= 0.3 is 0 Å². The van der Waals surface area contributed by atoms with Crippen molar-refractivity contribution in [3.8, 4) is 0 Å². The van der Waals surface area contributed by atoms with E-state index in [1.807, 2.05) is 0 Å². The van der Waals surface area contributed by atoms with Gasteiger partial charge in [-0.1, -0.05) is 11.6 Å². The van der Waals surface area contributed by atoms with Crippen LogP contribution in [0.1, 0.15) is 23.2 Å². The zero-order chi connectivity index (χ0) is 19.6. The molecule has 0 bridgehead atoms. The van der Waals surface area contributed by atoms with E-state index in [0.717, 1.165) is 6.42 Å². The van der Waals surface area contributed by atoms with Crippen LogP contribution in [-0.2, 0) is 10.0 Å². The zero-order valence-corrected chi connectivity index (χ0v) is 15.7. The average Bonchev–Trinajstić information content (AvgIpc) is 2.61. The Bertz CT molecular complexity index is 992. The Morgan fingerprint density at radius 2 is 1.85 bits per heavy atom. The minimum atomic E-state index is -3.37. The lowest BCUT2D eigenvalue weighted by Gasteiger charge is -2.28. The van der Waals surface area contributed by atoms with Crippen LogP contribution in [-0.4, -0.2) is 31.5 Å². The molecule has 1 saturated heterocycles. The fraction of sp³-hybridized carbons (Fsp3) is 0.235. The molecule has 0 aliphatic carbocycles. The van der Waals surface area contributed by atoms with Crippen LogP contribution in [0, 0.1) is 10.1 Å². The molecule has 10 heteroatoms. The van der Waals surface area contributed by atoms with E-state index in [-0.39, 0.29) is 22.0 Å². The second kappa shape index (κ2) is 7.53. The number of amides is 1. The lowest BCUT2D eigenvalue weighted by Crippen LogP contribution is -2.37. The molecule has 2 aromatic carbocycles. The van der Waals surface area contributed by atoms with Crippen molar-refractivity contribution in [3.63, 3.8) is 0 Å². The van der Waals surface area contributed by atoms with Gasteiger partial charge in [-0.15, -0.1) is 0 Å². The van der Waals surface area contributed by atoms with Crippen molar-refractivity contribution in [3.05, 3.63) is 63.2 Å². The van der Waals surface area contributed by atoms with Crippen LogP contribution in [0.25, 0.3) is 0 Å². The van der Waals surface area contributed by atoms with Gasteiger partial charge < -0.3 is 5.32 Å². The Balaban J connectivity index is 1.79. The molecule has 1 N–H and O–H groups in total. The first-order chi connectivity index (χ1) is 12.8. The van der Waals surface area contributed by atoms with E-state index in [1.165, 1.54) is 40.7 Å². The van der Waals surface area contributed by atoms with E-state index in [0.29, 0.717) is 24.3 Å². The molecule has 8 nitrogen and oxygen atoms in total. The molecule has 1 fully saturated rings. The largest absolute Gasteiger partial charge is 0.322 e. The van der Waals surface area contributed by atoms with Gasteiger partial charge in [-0.05, 0) is 43.2 Å². The highest BCUT2D eigenvalue weighted by atomic mass is 35.5. The molecular weight excluding hydrogens is 394 g/mol. The minimum absolute atomic E-state index is 0.0851. The number of hydrogen-bond acceptors (Lipinski definition) is 5. The molecule has 0 saturated carbocycles. The smallest absolute Gasteiger partial charge is 0.269 e. The summed E-state index contributed by atoms with van der Waals surface area (Å²) >= 11 is 6.20. The third-order valence-electron chi connectivity index (χ3n) is 4.17. The maximum absolute atomic E-state index is 12.4. The van der Waals surface area contributed by atoms with Gasteiger partial charge in [0.2, 0.25) is 10.0 Å². The molecule has 0 radical (unpaired) electrons. The predicted octanol–water partition coefficient (Wildman–Crippen LogP) is 3.43. The van der Waals surface area contributed by atoms with Crippen molar-refractivity contribution in [1.29, 1.82) is 0 Å². The minimum Gasteiger partial charge on any atom is -0.322 e. The Hall–Kier alpha value is -2.65. The predicted molar refractivity (Wildman–Crippen MR) is 103 cm³/mol. The molecule has 0 unspecified atom stereocenters. The average molecular weight is 410 g/mol. The van der Waals surface area contributed by atoms with E-state index in [9.17, 15) is 23.3 Å². The molecule has 27 heavy (non-hydrogen) atoms. The topological polar surface area (TPSA) is 110 Å². The van der Waals surface area contributed by atoms with Crippen molar-refractivity contribution >= 4 is 44.6 Å². The number of sulfonamides is 1. The second-order valence-electron chi connectivity index (χ2n) is 6.02. The molecule has 1 aliphatic heterocycles. The van der Waals surface area contributed by atoms with Gasteiger partial charge in [-0.2, -0.15) is 0 Å². The third-order valence-corrected chi connectivity index (χ3v) is 6.35. The molecule has 142 valence electrons. The van der Waals surface area contributed by atoms with Crippen LogP contribution >= 0.6 is 11.6 Å². The van der Waals surface area contributed by atoms with Gasteiger partial charge in [0.05, 0.1) is 26.9 Å². The monoisotopic (exact) mass is 409 g/mol. The Labute approximate surface area is 160 Å². The second-order valence-corrected chi connectivity index (χ2v) is 8.44. The van der Waals surface area contributed by atoms with Gasteiger partial charge in [0.1, 0.15) is 0 Å². The fourth-order valence-corrected chi connectivity index (χ4v) is 4.68. The van der Waals surface area contributed by atoms with Crippen molar-refractivity contribution < 1.29 is 18.1 Å². The standard InChI is InChI=1S/C17H16ClN3O5S/c18-16-11-14(20-9-1-2-10-27(20,25)26)7-8-15(16)17(22)19-12-3-5-13(6-4-12)21(23)24/h3-8,11H,1-2,9-10H2,(H,19,22). The lowest BCUT2D eigenvalue weighted by atomic mass is 10.1. The summed E-state index contributed by atoms with van der Waals surface area (Å²) in [7, 11) is -3.37. The first-order valence-electron chi connectivity index (χ1n) is 8.14. The summed E-state index contributed by atoms with van der Waals surface area (Å²) in [5, 5.41) is 13.4. The highest BCUT2D eigenvalue weighted by molar-refractivity contribution is 7.92. The molecule has 2 aromatic rings. The van der Waals surface area contributed by atoms with Crippen LogP contribution in [0.15, 0.2) is 42.5 Å². The van der Waals surface area contributed by atoms with Crippen LogP contribution in [0.3, 0.4) is 0 Å². The maximum atomic E-state index is 12.4. The number of carbonyl (C=O) groups excluding carboxylic acids is 1. The van der Waals surface area contributed by atoms with E-state index in [1.54, 1.807) is 6.07 Å². The summed E-state index contributed by atoms with van der Waals surface area (Å²) in [5.41, 5.74) is 0.891. The van der Waals surface area contributed by atoms with Gasteiger partial charge in [0.25, 0.3) is 11.6 Å². The van der Waals surface area contributed by atoms with Gasteiger partial charge in [-0.25, -0.2) is 8.42 Å². The quantitative estimate of drug-likeness (QED) is 0.614. The highest BCUT2D eigenvalue weighted by Crippen LogP contribution is 2.29. The van der Waals surface area contributed by atoms with Crippen molar-refractivity contribution in [2.24, 2.45) is 0 Å². The summed E-state index contributed by atoms with van der Waals surface area (Å²) in [4.78, 5) is 22.5. The number of nitrogens with zero attached hydrogens (tertiary/aromatic N) is 2. The summed E-state index contributed by atoms with van der Waals surface area (Å²) in [6, 6.07) is 9.84. The molecule has 1 aliphatic rings. The number of non-ortho nitro benzene ring substituents is 1. The lowest BCUT2D eigenvalue weighted by molar-refractivity contribution is -0.384. The van der Waals surface area contributed by atoms with E-state index in [4.69, 9.17) is 11.6 Å². The number of carbonyl (C=O) groups is 1. The SMILES string of the molecule is O=C(Nc1ccc([N+](=O)[O-])cc1)c1ccc(N2CCCCS2(=O)=O)cc1Cl. The van der Waals surface area contributed by atoms with E-state index < -0.39 is 20.9 Å². The Morgan fingerprint density at radius 1 is 1.15 bits per heavy atom. The summed E-state index contributed by atoms with van der Waals surface area (Å²) in [6.45, 7) is 0.382. The number of rotatable bonds is 4. The summed E-state index contributed by atoms with van der Waals surface area (Å²) < 4.78 is 25.7. The number of anilines is 2. The highest BCUT2D eigenvalue weighted by Gasteiger charge is 2.26. The number of nitro groups is 1. The van der Waals surface area contributed by atoms with Crippen molar-refractivity contribution in [2.75, 3.05) is 21.9 Å². The molecule has 0 spiro atoms. The van der Waals surface area contributed by atoms with Crippen LogP contribution in [0.5, 0.6) is 0 Å². The molecule has 0 atom stereocenters. The third kappa shape index (κ3) is 4.20. The summed E-state index contributed by atoms with van der Waals surface area (Å²) in [5.74, 6) is -0.408. The van der Waals surface area contributed by atoms with Gasteiger partial charge in [-0.3, -0.25) is 19.2 Å². The number of nitro benzene ring substituents is 1. The molecular formula is C17H16ClN3O5S. The van der Waals surface area contributed by atoms with Crippen LogP contribution in [0.4, 0.5) is 17.1 Å². The maximum Gasteiger partial charge on any atom is 0.269 e. The summed E-state index contributed by atoms with van der Waals surface area (Å²) in [6.07, 6.45) is 1.39. The zero-order valence-electron chi connectivity index (χ0n) is 14.1. The first kappa shape index (κ1) is 19.1. The normalized spacial score (nSPS) is 16.0. The van der Waals surface area contributed by atoms with E-state index in [2.05, 4.69) is 5.32 Å². The number of hydrogen-bond donors (Lipinski definition) is 1. The molecule has 0 aromatic heterocycles. The van der Waals surface area contributed by atoms with Crippen LogP contribution in [0.2, 0.25) is 5.02 Å². The molecule has 1 amide bonds. The van der Waals surface area contributed by atoms with Crippen molar-refractivity contribution in [2.45, 2.75) is 12.8 Å². The van der Waals surface area contributed by atoms with Gasteiger partial charge in [0, 0.05) is 24.4 Å². The number of halogens is 1. The van der Waals surface area contributed by atoms with Gasteiger partial charge in [0.15, 0.2) is 0 Å². The van der Waals surface area contributed by atoms with Crippen LogP contribution < -0.4 is 9.62 Å². The first-order valence-corrected chi connectivity index (χ1v) is 10.1. The Morgan fingerprint density at radius 3 is 2.44 bits per heavy atom. The molecule has 3 rings (SSSR count). The number of nitrogens with one attached hydrogen (secondary N) is 1. The number of benzene rings is 2. The Kier molecular flexibility index (Phi) is 5.33. The van der Waals surface area contributed by atoms with E-state index >= 15 is 0 Å². The molecule has 1 heterocycles.